The Morgan fingerprint density at radius 2 is 2.15 bits per heavy atom. The second kappa shape index (κ2) is 6.78. The van der Waals surface area contributed by atoms with Gasteiger partial charge in [0.25, 0.3) is 0 Å². The molecule has 1 heterocycles. The maximum atomic E-state index is 5.61. The number of hydrogen-bond donors (Lipinski definition) is 1. The molecular formula is C9H18ClN3. The van der Waals surface area contributed by atoms with Crippen LogP contribution in [0, 0.1) is 0 Å². The molecule has 0 spiro atoms. The minimum atomic E-state index is 0. The summed E-state index contributed by atoms with van der Waals surface area (Å²) in [5.41, 5.74) is 5.61. The second-order valence-corrected chi connectivity index (χ2v) is 3.04. The fraction of sp³-hybridized carbons (Fsp3) is 0.667. The zero-order valence-electron chi connectivity index (χ0n) is 8.07. The Kier molecular flexibility index (Phi) is 6.41. The molecule has 0 aliphatic heterocycles. The van der Waals surface area contributed by atoms with Gasteiger partial charge in [0.15, 0.2) is 5.95 Å². The lowest BCUT2D eigenvalue weighted by molar-refractivity contribution is 0.587. The molecular weight excluding hydrogens is 186 g/mol. The third-order valence-electron chi connectivity index (χ3n) is 2.00. The summed E-state index contributed by atoms with van der Waals surface area (Å²) in [6, 6.07) is 0. The van der Waals surface area contributed by atoms with E-state index in [1.165, 1.54) is 25.7 Å². The van der Waals surface area contributed by atoms with Gasteiger partial charge >= 0.3 is 0 Å². The number of aryl methyl sites for hydroxylation is 1. The molecule has 3 nitrogen and oxygen atoms in total. The van der Waals surface area contributed by atoms with E-state index < -0.39 is 0 Å². The monoisotopic (exact) mass is 203 g/mol. The lowest BCUT2D eigenvalue weighted by Crippen LogP contribution is -2.02. The van der Waals surface area contributed by atoms with Gasteiger partial charge in [-0.15, -0.1) is 12.4 Å². The second-order valence-electron chi connectivity index (χ2n) is 3.04. The molecule has 0 aliphatic rings. The van der Waals surface area contributed by atoms with Crippen LogP contribution < -0.4 is 5.73 Å². The van der Waals surface area contributed by atoms with Crippen molar-refractivity contribution < 1.29 is 0 Å². The Bertz CT molecular complexity index is 222. The summed E-state index contributed by atoms with van der Waals surface area (Å²) in [7, 11) is 0. The number of rotatable bonds is 5. The average molecular weight is 204 g/mol. The van der Waals surface area contributed by atoms with E-state index in [1.807, 2.05) is 10.8 Å². The summed E-state index contributed by atoms with van der Waals surface area (Å²) >= 11 is 0. The summed E-state index contributed by atoms with van der Waals surface area (Å²) in [4.78, 5) is 3.96. The lowest BCUT2D eigenvalue weighted by atomic mass is 10.2. The minimum absolute atomic E-state index is 0. The molecule has 0 unspecified atom stereocenters. The fourth-order valence-electron chi connectivity index (χ4n) is 1.24. The molecule has 0 fully saturated rings. The average Bonchev–Trinajstić information content (AvgIpc) is 2.46. The van der Waals surface area contributed by atoms with Crippen molar-refractivity contribution in [1.82, 2.24) is 9.55 Å². The number of nitrogen functional groups attached to an aromatic ring is 1. The van der Waals surface area contributed by atoms with E-state index in [-0.39, 0.29) is 12.4 Å². The molecule has 0 saturated carbocycles. The molecule has 0 atom stereocenters. The van der Waals surface area contributed by atoms with Crippen molar-refractivity contribution in [3.8, 4) is 0 Å². The van der Waals surface area contributed by atoms with E-state index in [0.717, 1.165) is 6.54 Å². The zero-order valence-corrected chi connectivity index (χ0v) is 8.89. The largest absolute Gasteiger partial charge is 0.369 e. The van der Waals surface area contributed by atoms with Crippen LogP contribution >= 0.6 is 12.4 Å². The van der Waals surface area contributed by atoms with Gasteiger partial charge in [0, 0.05) is 18.9 Å². The van der Waals surface area contributed by atoms with Gasteiger partial charge < -0.3 is 10.3 Å². The number of nitrogens with zero attached hydrogens (tertiary/aromatic N) is 2. The summed E-state index contributed by atoms with van der Waals surface area (Å²) < 4.78 is 2.00. The van der Waals surface area contributed by atoms with Crippen molar-refractivity contribution in [2.45, 2.75) is 39.2 Å². The van der Waals surface area contributed by atoms with Crippen LogP contribution in [0.4, 0.5) is 5.95 Å². The van der Waals surface area contributed by atoms with Gasteiger partial charge in [-0.3, -0.25) is 0 Å². The Morgan fingerprint density at radius 1 is 1.38 bits per heavy atom. The molecule has 0 radical (unpaired) electrons. The molecule has 76 valence electrons. The van der Waals surface area contributed by atoms with Gasteiger partial charge in [0.1, 0.15) is 0 Å². The molecule has 1 aromatic rings. The van der Waals surface area contributed by atoms with E-state index in [0.29, 0.717) is 5.95 Å². The molecule has 0 aliphatic carbocycles. The van der Waals surface area contributed by atoms with Crippen LogP contribution in [0.1, 0.15) is 32.6 Å². The third kappa shape index (κ3) is 4.18. The van der Waals surface area contributed by atoms with E-state index in [4.69, 9.17) is 5.73 Å². The maximum absolute atomic E-state index is 5.61. The summed E-state index contributed by atoms with van der Waals surface area (Å²) in [5, 5.41) is 0. The van der Waals surface area contributed by atoms with Crippen LogP contribution in [0.15, 0.2) is 12.4 Å². The molecule has 4 heteroatoms. The van der Waals surface area contributed by atoms with Crippen molar-refractivity contribution >= 4 is 18.4 Å². The first kappa shape index (κ1) is 12.3. The summed E-state index contributed by atoms with van der Waals surface area (Å²) in [6.07, 6.45) is 8.76. The van der Waals surface area contributed by atoms with Gasteiger partial charge in [-0.25, -0.2) is 4.98 Å². The fourth-order valence-corrected chi connectivity index (χ4v) is 1.24. The number of unbranched alkanes of at least 4 members (excludes halogenated alkanes) is 3. The molecule has 1 aromatic heterocycles. The van der Waals surface area contributed by atoms with Crippen LogP contribution in [-0.2, 0) is 6.54 Å². The van der Waals surface area contributed by atoms with Crippen molar-refractivity contribution in [1.29, 1.82) is 0 Å². The van der Waals surface area contributed by atoms with E-state index >= 15 is 0 Å². The van der Waals surface area contributed by atoms with Crippen molar-refractivity contribution in [3.63, 3.8) is 0 Å². The smallest absolute Gasteiger partial charge is 0.200 e. The zero-order chi connectivity index (χ0) is 8.81. The highest BCUT2D eigenvalue weighted by molar-refractivity contribution is 5.85. The van der Waals surface area contributed by atoms with Gasteiger partial charge in [-0.1, -0.05) is 26.2 Å². The first-order chi connectivity index (χ1) is 5.84. The highest BCUT2D eigenvalue weighted by Crippen LogP contribution is 2.04. The molecule has 0 aromatic carbocycles. The van der Waals surface area contributed by atoms with E-state index in [9.17, 15) is 0 Å². The predicted molar refractivity (Wildman–Crippen MR) is 58.0 cm³/mol. The third-order valence-corrected chi connectivity index (χ3v) is 2.00. The standard InChI is InChI=1S/C9H17N3.ClH/c1-2-3-4-5-7-12-8-6-11-9(12)10;/h6,8H,2-5,7H2,1H3,(H2,10,11);1H. The number of halogens is 1. The number of hydrogen-bond acceptors (Lipinski definition) is 2. The Morgan fingerprint density at radius 3 is 2.69 bits per heavy atom. The number of imidazole rings is 1. The van der Waals surface area contributed by atoms with Gasteiger partial charge in [0.2, 0.25) is 0 Å². The first-order valence-electron chi connectivity index (χ1n) is 4.61. The lowest BCUT2D eigenvalue weighted by Gasteiger charge is -2.02. The molecule has 2 N–H and O–H groups in total. The molecule has 0 saturated heterocycles. The van der Waals surface area contributed by atoms with E-state index in [1.54, 1.807) is 6.20 Å². The number of anilines is 1. The SMILES string of the molecule is CCCCCCn1ccnc1N.Cl. The maximum Gasteiger partial charge on any atom is 0.200 e. The molecule has 1 rings (SSSR count). The van der Waals surface area contributed by atoms with Gasteiger partial charge in [-0.05, 0) is 6.42 Å². The molecule has 0 amide bonds. The molecule has 13 heavy (non-hydrogen) atoms. The normalized spacial score (nSPS) is 9.62. The minimum Gasteiger partial charge on any atom is -0.369 e. The van der Waals surface area contributed by atoms with Crippen LogP contribution in [0.2, 0.25) is 0 Å². The van der Waals surface area contributed by atoms with Crippen molar-refractivity contribution in [2.24, 2.45) is 0 Å². The van der Waals surface area contributed by atoms with Crippen LogP contribution in [0.25, 0.3) is 0 Å². The van der Waals surface area contributed by atoms with Crippen molar-refractivity contribution in [3.05, 3.63) is 12.4 Å². The Balaban J connectivity index is 0.00000144. The summed E-state index contributed by atoms with van der Waals surface area (Å²) in [5.74, 6) is 0.631. The molecule has 0 bridgehead atoms. The Labute approximate surface area is 85.8 Å². The van der Waals surface area contributed by atoms with Crippen LogP contribution in [-0.4, -0.2) is 9.55 Å². The Hall–Kier alpha value is -0.700. The predicted octanol–water partition coefficient (Wildman–Crippen LogP) is 2.47. The number of aromatic nitrogens is 2. The highest BCUT2D eigenvalue weighted by atomic mass is 35.5. The van der Waals surface area contributed by atoms with Crippen LogP contribution in [0.3, 0.4) is 0 Å². The van der Waals surface area contributed by atoms with Crippen LogP contribution in [0.5, 0.6) is 0 Å². The quantitative estimate of drug-likeness (QED) is 0.748. The van der Waals surface area contributed by atoms with Gasteiger partial charge in [-0.2, -0.15) is 0 Å². The highest BCUT2D eigenvalue weighted by Gasteiger charge is 1.95. The topological polar surface area (TPSA) is 43.8 Å². The van der Waals surface area contributed by atoms with E-state index in [2.05, 4.69) is 11.9 Å². The van der Waals surface area contributed by atoms with Crippen molar-refractivity contribution in [2.75, 3.05) is 5.73 Å². The summed E-state index contributed by atoms with van der Waals surface area (Å²) in [6.45, 7) is 3.22. The van der Waals surface area contributed by atoms with Gasteiger partial charge in [0.05, 0.1) is 0 Å². The first-order valence-corrected chi connectivity index (χ1v) is 4.61. The number of nitrogens with two attached hydrogens (primary N) is 1.